The molecule has 0 spiro atoms. The van der Waals surface area contributed by atoms with Gasteiger partial charge in [0.25, 0.3) is 5.91 Å². The lowest BCUT2D eigenvalue weighted by Crippen LogP contribution is -2.16. The van der Waals surface area contributed by atoms with Crippen LogP contribution in [-0.4, -0.2) is 27.4 Å². The number of amides is 1. The molecule has 1 heterocycles. The molecule has 1 amide bonds. The predicted molar refractivity (Wildman–Crippen MR) is 88.9 cm³/mol. The van der Waals surface area contributed by atoms with Gasteiger partial charge in [-0.3, -0.25) is 19.8 Å². The zero-order valence-corrected chi connectivity index (χ0v) is 13.2. The van der Waals surface area contributed by atoms with Gasteiger partial charge in [-0.05, 0) is 35.9 Å². The first kappa shape index (κ1) is 15.9. The molecule has 3 rings (SSSR count). The second-order valence-electron chi connectivity index (χ2n) is 5.66. The predicted octanol–water partition coefficient (Wildman–Crippen LogP) is 2.89. The summed E-state index contributed by atoms with van der Waals surface area (Å²) in [5.41, 5.74) is 2.59. The lowest BCUT2D eigenvalue weighted by atomic mass is 10.1. The van der Waals surface area contributed by atoms with Crippen LogP contribution < -0.4 is 5.32 Å². The fourth-order valence-electron chi connectivity index (χ4n) is 2.84. The summed E-state index contributed by atoms with van der Waals surface area (Å²) < 4.78 is 0. The van der Waals surface area contributed by atoms with Crippen molar-refractivity contribution in [1.29, 1.82) is 0 Å². The number of nitro benzene ring substituents is 1. The molecule has 24 heavy (non-hydrogen) atoms. The Bertz CT molecular complexity index is 819. The summed E-state index contributed by atoms with van der Waals surface area (Å²) in [5.74, 6) is -0.905. The van der Waals surface area contributed by atoms with E-state index in [4.69, 9.17) is 0 Å². The van der Waals surface area contributed by atoms with E-state index in [9.17, 15) is 20.0 Å². The van der Waals surface area contributed by atoms with Gasteiger partial charge >= 0.3 is 5.69 Å². The van der Waals surface area contributed by atoms with Crippen molar-refractivity contribution in [3.05, 3.63) is 63.2 Å². The minimum absolute atomic E-state index is 0.127. The molecule has 0 bridgehead atoms. The maximum atomic E-state index is 12.4. The smallest absolute Gasteiger partial charge is 0.311 e. The van der Waals surface area contributed by atoms with Gasteiger partial charge in [0, 0.05) is 30.4 Å². The van der Waals surface area contributed by atoms with Crippen LogP contribution in [0.5, 0.6) is 5.75 Å². The van der Waals surface area contributed by atoms with Crippen LogP contribution in [0.15, 0.2) is 36.4 Å². The lowest BCUT2D eigenvalue weighted by Gasteiger charge is -2.12. The Labute approximate surface area is 138 Å². The number of benzene rings is 2. The quantitative estimate of drug-likeness (QED) is 0.665. The molecule has 0 radical (unpaired) electrons. The van der Waals surface area contributed by atoms with Crippen LogP contribution in [0.3, 0.4) is 0 Å². The average molecular weight is 327 g/mol. The zero-order chi connectivity index (χ0) is 17.3. The molecule has 0 aliphatic carbocycles. The third kappa shape index (κ3) is 2.93. The summed E-state index contributed by atoms with van der Waals surface area (Å²) in [7, 11) is 0. The van der Waals surface area contributed by atoms with Crippen LogP contribution in [0, 0.1) is 10.1 Å². The third-order valence-electron chi connectivity index (χ3n) is 4.18. The van der Waals surface area contributed by atoms with Crippen LogP contribution in [-0.2, 0) is 13.1 Å². The number of anilines is 1. The van der Waals surface area contributed by atoms with Gasteiger partial charge in [-0.15, -0.1) is 0 Å². The lowest BCUT2D eigenvalue weighted by molar-refractivity contribution is -0.385. The number of hydrogen-bond donors (Lipinski definition) is 2. The molecule has 1 aliphatic rings. The van der Waals surface area contributed by atoms with Gasteiger partial charge in [-0.1, -0.05) is 19.1 Å². The molecule has 0 unspecified atom stereocenters. The summed E-state index contributed by atoms with van der Waals surface area (Å²) in [6, 6.07) is 9.33. The van der Waals surface area contributed by atoms with Gasteiger partial charge in [0.05, 0.1) is 4.92 Å². The van der Waals surface area contributed by atoms with Crippen molar-refractivity contribution in [2.75, 3.05) is 11.9 Å². The van der Waals surface area contributed by atoms with Crippen LogP contribution in [0.2, 0.25) is 0 Å². The molecular weight excluding hydrogens is 310 g/mol. The highest BCUT2D eigenvalue weighted by molar-refractivity contribution is 6.05. The fraction of sp³-hybridized carbons (Fsp3) is 0.235. The van der Waals surface area contributed by atoms with E-state index in [-0.39, 0.29) is 5.56 Å². The minimum Gasteiger partial charge on any atom is -0.502 e. The SMILES string of the molecule is CCN1Cc2cccc(NC(=O)c3ccc(O)c([N+](=O)[O-])c3)c2C1. The van der Waals surface area contributed by atoms with Gasteiger partial charge in [0.15, 0.2) is 5.75 Å². The highest BCUT2D eigenvalue weighted by Crippen LogP contribution is 2.30. The van der Waals surface area contributed by atoms with E-state index in [2.05, 4.69) is 17.1 Å². The molecule has 0 atom stereocenters. The number of hydrogen-bond acceptors (Lipinski definition) is 5. The summed E-state index contributed by atoms with van der Waals surface area (Å²) in [6.07, 6.45) is 0. The minimum atomic E-state index is -0.717. The highest BCUT2D eigenvalue weighted by atomic mass is 16.6. The first-order valence-electron chi connectivity index (χ1n) is 7.61. The zero-order valence-electron chi connectivity index (χ0n) is 13.2. The van der Waals surface area contributed by atoms with E-state index in [0.717, 1.165) is 37.3 Å². The van der Waals surface area contributed by atoms with E-state index >= 15 is 0 Å². The number of phenols is 1. The van der Waals surface area contributed by atoms with Crippen LogP contribution in [0.1, 0.15) is 28.4 Å². The molecule has 124 valence electrons. The number of carbonyl (C=O) groups excluding carboxylic acids is 1. The van der Waals surface area contributed by atoms with E-state index < -0.39 is 22.3 Å². The van der Waals surface area contributed by atoms with Crippen LogP contribution in [0.4, 0.5) is 11.4 Å². The number of nitrogens with zero attached hydrogens (tertiary/aromatic N) is 2. The second kappa shape index (κ2) is 6.29. The molecule has 0 fully saturated rings. The molecule has 7 nitrogen and oxygen atoms in total. The highest BCUT2D eigenvalue weighted by Gasteiger charge is 2.22. The summed E-state index contributed by atoms with van der Waals surface area (Å²) in [5, 5.41) is 23.2. The van der Waals surface area contributed by atoms with E-state index in [1.807, 2.05) is 18.2 Å². The second-order valence-corrected chi connectivity index (χ2v) is 5.66. The largest absolute Gasteiger partial charge is 0.502 e. The first-order chi connectivity index (χ1) is 11.5. The summed E-state index contributed by atoms with van der Waals surface area (Å²) in [4.78, 5) is 24.8. The maximum absolute atomic E-state index is 12.4. The topological polar surface area (TPSA) is 95.7 Å². The van der Waals surface area contributed by atoms with Crippen molar-refractivity contribution >= 4 is 17.3 Å². The Morgan fingerprint density at radius 2 is 2.12 bits per heavy atom. The van der Waals surface area contributed by atoms with Gasteiger partial charge in [0.2, 0.25) is 0 Å². The molecular formula is C17H17N3O4. The number of nitrogens with one attached hydrogen (secondary N) is 1. The van der Waals surface area contributed by atoms with Gasteiger partial charge < -0.3 is 10.4 Å². The van der Waals surface area contributed by atoms with Gasteiger partial charge in [-0.25, -0.2) is 0 Å². The molecule has 0 aromatic heterocycles. The molecule has 2 aromatic carbocycles. The van der Waals surface area contributed by atoms with Crippen molar-refractivity contribution < 1.29 is 14.8 Å². The van der Waals surface area contributed by atoms with Crippen LogP contribution >= 0.6 is 0 Å². The summed E-state index contributed by atoms with van der Waals surface area (Å²) >= 11 is 0. The standard InChI is InChI=1S/C17H17N3O4/c1-2-19-9-12-4-3-5-14(13(12)10-19)18-17(22)11-6-7-16(21)15(8-11)20(23)24/h3-8,21H,2,9-10H2,1H3,(H,18,22). The van der Waals surface area contributed by atoms with Crippen molar-refractivity contribution in [1.82, 2.24) is 4.90 Å². The summed E-state index contributed by atoms with van der Waals surface area (Å²) in [6.45, 7) is 4.62. The van der Waals surface area contributed by atoms with Gasteiger partial charge in [-0.2, -0.15) is 0 Å². The molecule has 2 aromatic rings. The molecule has 2 N–H and O–H groups in total. The Balaban J connectivity index is 1.86. The number of nitro groups is 1. The normalized spacial score (nSPS) is 13.5. The number of rotatable bonds is 4. The number of phenolic OH excluding ortho intramolecular Hbond substituents is 1. The Hall–Kier alpha value is -2.93. The average Bonchev–Trinajstić information content (AvgIpc) is 2.99. The van der Waals surface area contributed by atoms with Crippen molar-refractivity contribution in [2.24, 2.45) is 0 Å². The van der Waals surface area contributed by atoms with Crippen molar-refractivity contribution in [2.45, 2.75) is 20.0 Å². The Kier molecular flexibility index (Phi) is 4.18. The van der Waals surface area contributed by atoms with E-state index in [1.165, 1.54) is 11.6 Å². The molecule has 0 saturated carbocycles. The van der Waals surface area contributed by atoms with E-state index in [1.54, 1.807) is 0 Å². The molecule has 1 aliphatic heterocycles. The number of fused-ring (bicyclic) bond motifs is 1. The first-order valence-corrected chi connectivity index (χ1v) is 7.61. The Morgan fingerprint density at radius 3 is 2.83 bits per heavy atom. The number of carbonyl (C=O) groups is 1. The maximum Gasteiger partial charge on any atom is 0.311 e. The molecule has 0 saturated heterocycles. The number of aromatic hydroxyl groups is 1. The fourth-order valence-corrected chi connectivity index (χ4v) is 2.84. The monoisotopic (exact) mass is 327 g/mol. The molecule has 7 heteroatoms. The van der Waals surface area contributed by atoms with Crippen molar-refractivity contribution in [3.8, 4) is 5.75 Å². The van der Waals surface area contributed by atoms with Gasteiger partial charge in [0.1, 0.15) is 0 Å². The third-order valence-corrected chi connectivity index (χ3v) is 4.18. The van der Waals surface area contributed by atoms with Crippen LogP contribution in [0.25, 0.3) is 0 Å². The Morgan fingerprint density at radius 1 is 1.33 bits per heavy atom. The van der Waals surface area contributed by atoms with Crippen molar-refractivity contribution in [3.63, 3.8) is 0 Å². The van der Waals surface area contributed by atoms with E-state index in [0.29, 0.717) is 5.69 Å².